The summed E-state index contributed by atoms with van der Waals surface area (Å²) in [6.07, 6.45) is 2.65. The van der Waals surface area contributed by atoms with E-state index in [-0.39, 0.29) is 57.7 Å². The van der Waals surface area contributed by atoms with Gasteiger partial charge in [-0.3, -0.25) is 4.79 Å². The van der Waals surface area contributed by atoms with Gasteiger partial charge in [-0.1, -0.05) is 29.8 Å². The van der Waals surface area contributed by atoms with Gasteiger partial charge in [0.1, 0.15) is 17.0 Å². The Balaban J connectivity index is 1.80. The third-order valence-corrected chi connectivity index (χ3v) is 6.08. The van der Waals surface area contributed by atoms with Crippen LogP contribution in [0.5, 0.6) is 17.4 Å². The molecular formula is C24H25Cl2N5O5. The van der Waals surface area contributed by atoms with E-state index in [1.165, 1.54) is 18.3 Å². The average molecular weight is 540 g/mol. The third kappa shape index (κ3) is 5.11. The molecular weight excluding hydrogens is 509 g/mol. The Morgan fingerprint density at radius 3 is 2.61 bits per heavy atom. The fourth-order valence-electron chi connectivity index (χ4n) is 3.65. The van der Waals surface area contributed by atoms with E-state index in [1.54, 1.807) is 6.92 Å². The van der Waals surface area contributed by atoms with E-state index in [2.05, 4.69) is 32.2 Å². The van der Waals surface area contributed by atoms with Gasteiger partial charge in [0.25, 0.3) is 0 Å². The first kappa shape index (κ1) is 18.9. The molecule has 10 nitrogen and oxygen atoms in total. The van der Waals surface area contributed by atoms with Crippen molar-refractivity contribution < 1.29 is 32.0 Å². The van der Waals surface area contributed by atoms with Crippen LogP contribution < -0.4 is 24.8 Å². The number of nitrogens with one attached hydrogen (secondary N) is 2. The number of methoxy groups -OCH3 is 2. The van der Waals surface area contributed by atoms with Gasteiger partial charge in [0, 0.05) is 23.2 Å². The zero-order valence-corrected chi connectivity index (χ0v) is 20.4. The molecule has 0 unspecified atom stereocenters. The molecule has 1 amide bonds. The zero-order valence-electron chi connectivity index (χ0n) is 24.9. The fraction of sp³-hybridized carbons (Fsp3) is 0.333. The van der Waals surface area contributed by atoms with Crippen LogP contribution in [0.4, 0.5) is 5.95 Å². The number of fused-ring (bicyclic) bond motifs is 1. The molecule has 2 atom stereocenters. The number of ether oxygens (including phenoxy) is 4. The highest BCUT2D eigenvalue weighted by atomic mass is 35.5. The molecule has 1 aliphatic heterocycles. The van der Waals surface area contributed by atoms with Crippen LogP contribution in [-0.4, -0.2) is 66.8 Å². The number of hydrogen-bond acceptors (Lipinski definition) is 9. The topological polar surface area (TPSA) is 117 Å². The number of rotatable bonds is 9. The van der Waals surface area contributed by atoms with Crippen LogP contribution in [-0.2, 0) is 9.53 Å². The minimum atomic E-state index is -2.92. The van der Waals surface area contributed by atoms with Gasteiger partial charge in [-0.05, 0) is 19.1 Å². The molecule has 12 heteroatoms. The molecule has 190 valence electrons. The van der Waals surface area contributed by atoms with Gasteiger partial charge in [0.05, 0.1) is 69.9 Å². The molecule has 0 bridgehead atoms. The Morgan fingerprint density at radius 2 is 1.94 bits per heavy atom. The molecule has 0 radical (unpaired) electrons. The zero-order chi connectivity index (χ0) is 30.8. The molecule has 36 heavy (non-hydrogen) atoms. The summed E-state index contributed by atoms with van der Waals surface area (Å²) in [7, 11) is -5.84. The summed E-state index contributed by atoms with van der Waals surface area (Å²) in [5, 5.41) is 5.86. The highest BCUT2D eigenvalue weighted by Gasteiger charge is 2.30. The largest absolute Gasteiger partial charge is 0.495 e. The molecule has 0 spiro atoms. The molecule has 2 N–H and O–H groups in total. The normalized spacial score (nSPS) is 20.2. The summed E-state index contributed by atoms with van der Waals surface area (Å²) in [6.45, 7) is 5.97. The molecule has 0 saturated carbocycles. The van der Waals surface area contributed by atoms with Crippen LogP contribution in [0.3, 0.4) is 0 Å². The maximum Gasteiger partial charge on any atom is 0.243 e. The van der Waals surface area contributed by atoms with Crippen molar-refractivity contribution in [2.45, 2.75) is 19.0 Å². The van der Waals surface area contributed by atoms with Crippen molar-refractivity contribution in [2.75, 3.05) is 39.2 Å². The Labute approximate surface area is 226 Å². The van der Waals surface area contributed by atoms with Crippen molar-refractivity contribution in [1.29, 1.82) is 0 Å². The second-order valence-corrected chi connectivity index (χ2v) is 8.32. The number of amides is 1. The van der Waals surface area contributed by atoms with E-state index in [9.17, 15) is 4.79 Å². The van der Waals surface area contributed by atoms with Crippen molar-refractivity contribution in [3.05, 3.63) is 41.0 Å². The monoisotopic (exact) mass is 539 g/mol. The lowest BCUT2D eigenvalue weighted by Crippen LogP contribution is -2.45. The first-order valence-electron chi connectivity index (χ1n) is 13.7. The minimum absolute atomic E-state index is 0.0576. The molecule has 0 aliphatic carbocycles. The number of nitrogens with zero attached hydrogens (tertiary/aromatic N) is 3. The van der Waals surface area contributed by atoms with Crippen molar-refractivity contribution in [3.63, 3.8) is 0 Å². The smallest absolute Gasteiger partial charge is 0.243 e. The molecule has 1 aromatic carbocycles. The van der Waals surface area contributed by atoms with Crippen LogP contribution in [0.2, 0.25) is 10.0 Å². The van der Waals surface area contributed by atoms with E-state index in [0.29, 0.717) is 24.1 Å². The summed E-state index contributed by atoms with van der Waals surface area (Å²) in [6, 6.07) is 1.82. The number of halogens is 2. The molecule has 4 rings (SSSR count). The first-order valence-corrected chi connectivity index (χ1v) is 11.4. The lowest BCUT2D eigenvalue weighted by atomic mass is 10.1. The van der Waals surface area contributed by atoms with Crippen LogP contribution in [0.25, 0.3) is 22.2 Å². The quantitative estimate of drug-likeness (QED) is 0.390. The summed E-state index contributed by atoms with van der Waals surface area (Å²) in [5.41, 5.74) is 0.325. The van der Waals surface area contributed by atoms with Crippen molar-refractivity contribution in [1.82, 2.24) is 20.3 Å². The van der Waals surface area contributed by atoms with Gasteiger partial charge < -0.3 is 29.6 Å². The molecule has 3 aromatic rings. The number of benzene rings is 1. The number of aromatic nitrogens is 3. The SMILES string of the molecule is [2H]C([2H])([2H])Oc1cc(OC([2H])([2H])[2H])c(Cl)c(-c2cc3cnc(N[C@@H]4COC[C@@H]4NC(=O)C=C)nc3c(OCC)n2)c1Cl. The maximum atomic E-state index is 11.8. The average Bonchev–Trinajstić information content (AvgIpc) is 3.32. The summed E-state index contributed by atoms with van der Waals surface area (Å²) >= 11 is 13.1. The van der Waals surface area contributed by atoms with E-state index in [4.69, 9.17) is 50.4 Å². The van der Waals surface area contributed by atoms with Crippen molar-refractivity contribution >= 4 is 46.0 Å². The number of pyridine rings is 1. The Bertz CT molecular complexity index is 1470. The minimum Gasteiger partial charge on any atom is -0.495 e. The molecule has 1 saturated heterocycles. The summed E-state index contributed by atoms with van der Waals surface area (Å²) in [5.74, 6) is -0.873. The molecule has 2 aromatic heterocycles. The summed E-state index contributed by atoms with van der Waals surface area (Å²) in [4.78, 5) is 25.2. The van der Waals surface area contributed by atoms with E-state index in [1.807, 2.05) is 0 Å². The Morgan fingerprint density at radius 1 is 1.22 bits per heavy atom. The second-order valence-electron chi connectivity index (χ2n) is 7.56. The van der Waals surface area contributed by atoms with E-state index in [0.717, 1.165) is 6.07 Å². The standard InChI is InChI=1S/C24H25Cl2N5O5/c1-5-18(32)28-14-10-35-11-15(14)30-24-27-9-12-7-13(29-23(36-6-2)22(12)31-24)19-20(25)16(33-3)8-17(34-4)21(19)26/h5,7-9,14-15H,1,6,10-11H2,2-4H3,(H,28,32)(H,27,30,31)/t14-,15+/m0/s1/i3D3,4D3. The third-order valence-electron chi connectivity index (χ3n) is 5.33. The van der Waals surface area contributed by atoms with Crippen molar-refractivity contribution in [3.8, 4) is 28.6 Å². The van der Waals surface area contributed by atoms with Crippen LogP contribution in [0.15, 0.2) is 31.0 Å². The van der Waals surface area contributed by atoms with E-state index >= 15 is 0 Å². The maximum absolute atomic E-state index is 11.8. The molecule has 1 fully saturated rings. The predicted molar refractivity (Wildman–Crippen MR) is 137 cm³/mol. The summed E-state index contributed by atoms with van der Waals surface area (Å²) < 4.78 is 66.1. The second kappa shape index (κ2) is 11.2. The lowest BCUT2D eigenvalue weighted by molar-refractivity contribution is -0.117. The number of hydrogen-bond donors (Lipinski definition) is 2. The van der Waals surface area contributed by atoms with Gasteiger partial charge in [-0.25, -0.2) is 15.0 Å². The number of anilines is 1. The van der Waals surface area contributed by atoms with Crippen LogP contribution in [0, 0.1) is 0 Å². The van der Waals surface area contributed by atoms with Crippen LogP contribution in [0.1, 0.15) is 15.1 Å². The van der Waals surface area contributed by atoms with Gasteiger partial charge in [0.15, 0.2) is 0 Å². The van der Waals surface area contributed by atoms with Crippen molar-refractivity contribution in [2.24, 2.45) is 0 Å². The number of carbonyl (C=O) groups excluding carboxylic acids is 1. The highest BCUT2D eigenvalue weighted by molar-refractivity contribution is 6.41. The van der Waals surface area contributed by atoms with Crippen LogP contribution >= 0.6 is 23.2 Å². The number of carbonyl (C=O) groups is 1. The van der Waals surface area contributed by atoms with Gasteiger partial charge in [0.2, 0.25) is 17.7 Å². The lowest BCUT2D eigenvalue weighted by Gasteiger charge is -2.20. The van der Waals surface area contributed by atoms with Gasteiger partial charge in [-0.2, -0.15) is 0 Å². The predicted octanol–water partition coefficient (Wildman–Crippen LogP) is 3.90. The van der Waals surface area contributed by atoms with Gasteiger partial charge in [-0.15, -0.1) is 0 Å². The first-order chi connectivity index (χ1) is 19.7. The fourth-order valence-corrected chi connectivity index (χ4v) is 4.27. The highest BCUT2D eigenvalue weighted by Crippen LogP contribution is 2.46. The Hall–Kier alpha value is -3.34. The van der Waals surface area contributed by atoms with Gasteiger partial charge >= 0.3 is 0 Å². The Kier molecular flexibility index (Phi) is 5.84. The molecule has 3 heterocycles. The van der Waals surface area contributed by atoms with E-state index < -0.39 is 25.6 Å². The molecule has 1 aliphatic rings.